The first-order chi connectivity index (χ1) is 7.93. The van der Waals surface area contributed by atoms with Crippen LogP contribution in [0.5, 0.6) is 0 Å². The number of rotatable bonds is 4. The number of nitrogens with zero attached hydrogens (tertiary/aromatic N) is 2. The molecule has 0 aromatic heterocycles. The van der Waals surface area contributed by atoms with E-state index in [0.29, 0.717) is 19.5 Å². The predicted octanol–water partition coefficient (Wildman–Crippen LogP) is 1.34. The lowest BCUT2D eigenvalue weighted by Gasteiger charge is -2.34. The van der Waals surface area contributed by atoms with E-state index in [9.17, 15) is 14.7 Å². The first-order valence-corrected chi connectivity index (χ1v) is 7.08. The highest BCUT2D eigenvalue weighted by Crippen LogP contribution is 2.30. The van der Waals surface area contributed by atoms with Crippen molar-refractivity contribution in [1.29, 1.82) is 0 Å². The van der Waals surface area contributed by atoms with Gasteiger partial charge in [0.2, 0.25) is 0 Å². The van der Waals surface area contributed by atoms with Gasteiger partial charge in [-0.15, -0.1) is 0 Å². The highest BCUT2D eigenvalue weighted by Gasteiger charge is 2.46. The third-order valence-electron chi connectivity index (χ3n) is 3.29. The van der Waals surface area contributed by atoms with E-state index in [4.69, 9.17) is 0 Å². The lowest BCUT2D eigenvalue weighted by atomic mass is 10.00. The standard InChI is InChI=1S/C11H20N2O3S/c1-11(9(14)15)5-4-6-13(11)10(16)12(2)7-8-17-3/h4-8H2,1-3H3,(H,14,15). The summed E-state index contributed by atoms with van der Waals surface area (Å²) < 4.78 is 0. The number of likely N-dealkylation sites (tertiary alicyclic amines) is 1. The molecule has 1 unspecified atom stereocenters. The minimum atomic E-state index is -1.04. The molecule has 5 nitrogen and oxygen atoms in total. The Labute approximate surface area is 106 Å². The molecule has 1 N–H and O–H groups in total. The molecule has 0 aromatic rings. The third-order valence-corrected chi connectivity index (χ3v) is 3.88. The Morgan fingerprint density at radius 1 is 1.53 bits per heavy atom. The van der Waals surface area contributed by atoms with Gasteiger partial charge < -0.3 is 14.9 Å². The largest absolute Gasteiger partial charge is 0.480 e. The number of thioether (sulfide) groups is 1. The summed E-state index contributed by atoms with van der Waals surface area (Å²) in [5.74, 6) is -0.0542. The highest BCUT2D eigenvalue weighted by molar-refractivity contribution is 7.98. The summed E-state index contributed by atoms with van der Waals surface area (Å²) in [7, 11) is 1.72. The Hall–Kier alpha value is -0.910. The van der Waals surface area contributed by atoms with Crippen molar-refractivity contribution >= 4 is 23.8 Å². The summed E-state index contributed by atoms with van der Waals surface area (Å²) in [5, 5.41) is 9.23. The molecule has 0 aliphatic carbocycles. The van der Waals surface area contributed by atoms with Crippen LogP contribution in [0.2, 0.25) is 0 Å². The van der Waals surface area contributed by atoms with Crippen molar-refractivity contribution in [2.45, 2.75) is 25.3 Å². The predicted molar refractivity (Wildman–Crippen MR) is 68.4 cm³/mol. The maximum Gasteiger partial charge on any atom is 0.329 e. The topological polar surface area (TPSA) is 60.9 Å². The van der Waals surface area contributed by atoms with Gasteiger partial charge in [0.25, 0.3) is 0 Å². The Morgan fingerprint density at radius 3 is 2.71 bits per heavy atom. The zero-order valence-electron chi connectivity index (χ0n) is 10.6. The van der Waals surface area contributed by atoms with Crippen LogP contribution < -0.4 is 0 Å². The highest BCUT2D eigenvalue weighted by atomic mass is 32.2. The van der Waals surface area contributed by atoms with Crippen molar-refractivity contribution in [2.75, 3.05) is 32.1 Å². The van der Waals surface area contributed by atoms with Gasteiger partial charge in [-0.2, -0.15) is 11.8 Å². The number of carbonyl (C=O) groups excluding carboxylic acids is 1. The van der Waals surface area contributed by atoms with E-state index >= 15 is 0 Å². The zero-order chi connectivity index (χ0) is 13.1. The maximum absolute atomic E-state index is 12.2. The molecule has 1 aliphatic heterocycles. The smallest absolute Gasteiger partial charge is 0.329 e. The lowest BCUT2D eigenvalue weighted by Crippen LogP contribution is -2.54. The molecule has 1 saturated heterocycles. The first kappa shape index (κ1) is 14.2. The summed E-state index contributed by atoms with van der Waals surface area (Å²) in [6, 6.07) is -0.179. The van der Waals surface area contributed by atoms with Crippen molar-refractivity contribution in [3.63, 3.8) is 0 Å². The normalized spacial score (nSPS) is 23.8. The molecule has 0 bridgehead atoms. The molecule has 1 heterocycles. The molecule has 0 aromatic carbocycles. The second-order valence-corrected chi connectivity index (χ2v) is 5.52. The summed E-state index contributed by atoms with van der Waals surface area (Å²) in [4.78, 5) is 26.5. The average Bonchev–Trinajstić information content (AvgIpc) is 2.68. The fourth-order valence-electron chi connectivity index (χ4n) is 2.02. The van der Waals surface area contributed by atoms with Crippen LogP contribution in [0.4, 0.5) is 4.79 Å². The van der Waals surface area contributed by atoms with Crippen LogP contribution in [0.15, 0.2) is 0 Å². The molecule has 2 amide bonds. The molecule has 17 heavy (non-hydrogen) atoms. The van der Waals surface area contributed by atoms with E-state index in [0.717, 1.165) is 12.2 Å². The third kappa shape index (κ3) is 2.86. The van der Waals surface area contributed by atoms with Crippen LogP contribution in [0.1, 0.15) is 19.8 Å². The van der Waals surface area contributed by atoms with Crippen molar-refractivity contribution < 1.29 is 14.7 Å². The number of hydrogen-bond donors (Lipinski definition) is 1. The number of urea groups is 1. The van der Waals surface area contributed by atoms with E-state index in [1.807, 2.05) is 6.26 Å². The molecule has 1 fully saturated rings. The van der Waals surface area contributed by atoms with Gasteiger partial charge in [0.15, 0.2) is 0 Å². The number of carboxylic acids is 1. The van der Waals surface area contributed by atoms with E-state index in [2.05, 4.69) is 0 Å². The number of aliphatic carboxylic acids is 1. The molecular formula is C11H20N2O3S. The lowest BCUT2D eigenvalue weighted by molar-refractivity contribution is -0.147. The maximum atomic E-state index is 12.2. The molecule has 1 rings (SSSR count). The minimum absolute atomic E-state index is 0.179. The molecule has 6 heteroatoms. The van der Waals surface area contributed by atoms with Crippen LogP contribution in [-0.4, -0.2) is 64.6 Å². The Morgan fingerprint density at radius 2 is 2.18 bits per heavy atom. The fraction of sp³-hybridized carbons (Fsp3) is 0.818. The van der Waals surface area contributed by atoms with Gasteiger partial charge in [-0.1, -0.05) is 0 Å². The van der Waals surface area contributed by atoms with E-state index in [1.54, 1.807) is 30.6 Å². The van der Waals surface area contributed by atoms with E-state index in [-0.39, 0.29) is 6.03 Å². The molecule has 0 spiro atoms. The Bertz CT molecular complexity index is 311. The van der Waals surface area contributed by atoms with Crippen LogP contribution in [0.25, 0.3) is 0 Å². The number of carbonyl (C=O) groups is 2. The van der Waals surface area contributed by atoms with Crippen LogP contribution in [0.3, 0.4) is 0 Å². The zero-order valence-corrected chi connectivity index (χ0v) is 11.4. The van der Waals surface area contributed by atoms with Gasteiger partial charge >= 0.3 is 12.0 Å². The molecule has 98 valence electrons. The second kappa shape index (κ2) is 5.62. The fourth-order valence-corrected chi connectivity index (χ4v) is 2.48. The SMILES string of the molecule is CSCCN(C)C(=O)N1CCCC1(C)C(=O)O. The van der Waals surface area contributed by atoms with Crippen molar-refractivity contribution in [3.8, 4) is 0 Å². The van der Waals surface area contributed by atoms with Crippen molar-refractivity contribution in [3.05, 3.63) is 0 Å². The Kier molecular flexibility index (Phi) is 4.68. The number of hydrogen-bond acceptors (Lipinski definition) is 3. The van der Waals surface area contributed by atoms with Crippen LogP contribution in [0, 0.1) is 0 Å². The molecular weight excluding hydrogens is 240 g/mol. The quantitative estimate of drug-likeness (QED) is 0.828. The number of carboxylic acid groups (broad SMARTS) is 1. The molecule has 1 atom stereocenters. The Balaban J connectivity index is 2.71. The van der Waals surface area contributed by atoms with Gasteiger partial charge in [0, 0.05) is 25.9 Å². The van der Waals surface area contributed by atoms with Crippen molar-refractivity contribution in [2.24, 2.45) is 0 Å². The van der Waals surface area contributed by atoms with E-state index in [1.165, 1.54) is 4.90 Å². The van der Waals surface area contributed by atoms with Crippen LogP contribution in [-0.2, 0) is 4.79 Å². The van der Waals surface area contributed by atoms with Gasteiger partial charge in [-0.25, -0.2) is 9.59 Å². The summed E-state index contributed by atoms with van der Waals surface area (Å²) in [6.07, 6.45) is 3.27. The summed E-state index contributed by atoms with van der Waals surface area (Å²) in [6.45, 7) is 2.81. The summed E-state index contributed by atoms with van der Waals surface area (Å²) in [5.41, 5.74) is -1.04. The molecule has 1 aliphatic rings. The molecule has 0 radical (unpaired) electrons. The van der Waals surface area contributed by atoms with Crippen molar-refractivity contribution in [1.82, 2.24) is 9.80 Å². The van der Waals surface area contributed by atoms with Gasteiger partial charge in [-0.3, -0.25) is 0 Å². The van der Waals surface area contributed by atoms with E-state index < -0.39 is 11.5 Å². The average molecular weight is 260 g/mol. The minimum Gasteiger partial charge on any atom is -0.480 e. The summed E-state index contributed by atoms with van der Waals surface area (Å²) >= 11 is 1.67. The van der Waals surface area contributed by atoms with Gasteiger partial charge in [0.05, 0.1) is 0 Å². The molecule has 0 saturated carbocycles. The van der Waals surface area contributed by atoms with Crippen LogP contribution >= 0.6 is 11.8 Å². The van der Waals surface area contributed by atoms with Gasteiger partial charge in [-0.05, 0) is 26.0 Å². The number of amides is 2. The first-order valence-electron chi connectivity index (χ1n) is 5.68. The monoisotopic (exact) mass is 260 g/mol. The van der Waals surface area contributed by atoms with Gasteiger partial charge in [0.1, 0.15) is 5.54 Å². The second-order valence-electron chi connectivity index (χ2n) is 4.53.